The van der Waals surface area contributed by atoms with Crippen LogP contribution in [0.2, 0.25) is 0 Å². The molecule has 5 heteroatoms. The molecule has 19 heavy (non-hydrogen) atoms. The summed E-state index contributed by atoms with van der Waals surface area (Å²) in [5, 5.41) is 19.2. The van der Waals surface area contributed by atoms with Crippen LogP contribution in [0.25, 0.3) is 0 Å². The fraction of sp³-hybridized carbons (Fsp3) is 0.0714. The van der Waals surface area contributed by atoms with Gasteiger partial charge in [-0.05, 0) is 36.2 Å². The quantitative estimate of drug-likeness (QED) is 0.845. The van der Waals surface area contributed by atoms with E-state index in [2.05, 4.69) is 0 Å². The van der Waals surface area contributed by atoms with Gasteiger partial charge in [0.1, 0.15) is 11.5 Å². The van der Waals surface area contributed by atoms with Gasteiger partial charge in [0.15, 0.2) is 0 Å². The van der Waals surface area contributed by atoms with Crippen LogP contribution in [0.1, 0.15) is 6.92 Å². The first-order valence-corrected chi connectivity index (χ1v) is 6.41. The second-order valence-electron chi connectivity index (χ2n) is 3.89. The molecule has 0 bridgehead atoms. The van der Waals surface area contributed by atoms with Crippen LogP contribution in [-0.2, 0) is 4.79 Å². The van der Waals surface area contributed by atoms with Gasteiger partial charge in [0.05, 0.1) is 10.6 Å². The van der Waals surface area contributed by atoms with Crippen molar-refractivity contribution in [3.05, 3.63) is 48.5 Å². The van der Waals surface area contributed by atoms with Crippen molar-refractivity contribution in [1.29, 1.82) is 0 Å². The number of hydrogen-bond donors (Lipinski definition) is 2. The van der Waals surface area contributed by atoms with E-state index in [4.69, 9.17) is 0 Å². The second-order valence-corrected chi connectivity index (χ2v) is 4.88. The lowest BCUT2D eigenvalue weighted by Gasteiger charge is -2.20. The summed E-state index contributed by atoms with van der Waals surface area (Å²) in [7, 11) is 0. The third kappa shape index (κ3) is 3.20. The van der Waals surface area contributed by atoms with Gasteiger partial charge in [-0.1, -0.05) is 18.2 Å². The lowest BCUT2D eigenvalue weighted by Crippen LogP contribution is -2.20. The van der Waals surface area contributed by atoms with E-state index in [9.17, 15) is 15.0 Å². The Morgan fingerprint density at radius 2 is 1.84 bits per heavy atom. The first kappa shape index (κ1) is 13.3. The van der Waals surface area contributed by atoms with Crippen molar-refractivity contribution < 1.29 is 15.0 Å². The van der Waals surface area contributed by atoms with Gasteiger partial charge in [0.25, 0.3) is 0 Å². The zero-order valence-corrected chi connectivity index (χ0v) is 11.1. The van der Waals surface area contributed by atoms with Gasteiger partial charge in [0, 0.05) is 13.0 Å². The van der Waals surface area contributed by atoms with Crippen LogP contribution in [0.4, 0.5) is 5.69 Å². The van der Waals surface area contributed by atoms with Gasteiger partial charge in [0.2, 0.25) is 5.91 Å². The fourth-order valence-electron chi connectivity index (χ4n) is 1.55. The van der Waals surface area contributed by atoms with Crippen LogP contribution in [-0.4, -0.2) is 16.1 Å². The van der Waals surface area contributed by atoms with Gasteiger partial charge in [-0.3, -0.25) is 4.79 Å². The highest BCUT2D eigenvalue weighted by atomic mass is 32.2. The maximum absolute atomic E-state index is 11.7. The summed E-state index contributed by atoms with van der Waals surface area (Å²) < 4.78 is 1.41. The fourth-order valence-corrected chi connectivity index (χ4v) is 2.40. The van der Waals surface area contributed by atoms with E-state index in [1.807, 2.05) is 0 Å². The number of carbonyl (C=O) groups is 1. The van der Waals surface area contributed by atoms with Crippen molar-refractivity contribution >= 4 is 23.5 Å². The molecule has 0 fully saturated rings. The number of para-hydroxylation sites is 1. The molecule has 98 valence electrons. The average Bonchev–Trinajstić information content (AvgIpc) is 2.37. The van der Waals surface area contributed by atoms with E-state index in [0.717, 1.165) is 11.9 Å². The molecule has 0 saturated carbocycles. The normalized spacial score (nSPS) is 10.2. The van der Waals surface area contributed by atoms with Crippen LogP contribution < -0.4 is 4.31 Å². The summed E-state index contributed by atoms with van der Waals surface area (Å²) in [5.74, 6) is -0.000565. The Hall–Kier alpha value is -2.14. The Bertz CT molecular complexity index is 601. The third-order valence-electron chi connectivity index (χ3n) is 2.41. The van der Waals surface area contributed by atoms with Gasteiger partial charge in [-0.25, -0.2) is 4.31 Å². The monoisotopic (exact) mass is 275 g/mol. The van der Waals surface area contributed by atoms with E-state index in [1.54, 1.807) is 36.4 Å². The highest BCUT2D eigenvalue weighted by Gasteiger charge is 2.15. The molecule has 1 amide bonds. The summed E-state index contributed by atoms with van der Waals surface area (Å²) in [6.45, 7) is 1.43. The molecule has 2 aromatic rings. The highest BCUT2D eigenvalue weighted by Crippen LogP contribution is 2.35. The molecule has 0 radical (unpaired) electrons. The standard InChI is InChI=1S/C14H13NO3S/c1-10(16)15(11-5-4-6-12(17)9-11)19-14-8-3-2-7-13(14)18/h2-9,17-18H,1H3. The minimum Gasteiger partial charge on any atom is -0.508 e. The largest absolute Gasteiger partial charge is 0.508 e. The number of phenolic OH excluding ortho intramolecular Hbond substituents is 2. The van der Waals surface area contributed by atoms with Crippen LogP contribution >= 0.6 is 11.9 Å². The third-order valence-corrected chi connectivity index (χ3v) is 3.60. The SMILES string of the molecule is CC(=O)N(Sc1ccccc1O)c1cccc(O)c1. The number of aromatic hydroxyl groups is 2. The number of carbonyl (C=O) groups excluding carboxylic acids is 1. The topological polar surface area (TPSA) is 60.8 Å². The van der Waals surface area contributed by atoms with Crippen molar-refractivity contribution in [2.75, 3.05) is 4.31 Å². The molecular weight excluding hydrogens is 262 g/mol. The van der Waals surface area contributed by atoms with Crippen molar-refractivity contribution in [1.82, 2.24) is 0 Å². The summed E-state index contributed by atoms with van der Waals surface area (Å²) >= 11 is 1.11. The number of rotatable bonds is 3. The van der Waals surface area contributed by atoms with Crippen molar-refractivity contribution in [3.63, 3.8) is 0 Å². The minimum absolute atomic E-state index is 0.0848. The van der Waals surface area contributed by atoms with Gasteiger partial charge in [-0.15, -0.1) is 0 Å². The number of nitrogens with zero attached hydrogens (tertiary/aromatic N) is 1. The Balaban J connectivity index is 2.32. The summed E-state index contributed by atoms with van der Waals surface area (Å²) in [6.07, 6.45) is 0. The molecule has 0 aliphatic carbocycles. The zero-order chi connectivity index (χ0) is 13.8. The van der Waals surface area contributed by atoms with Crippen molar-refractivity contribution in [2.45, 2.75) is 11.8 Å². The lowest BCUT2D eigenvalue weighted by molar-refractivity contribution is -0.115. The Morgan fingerprint density at radius 1 is 1.11 bits per heavy atom. The van der Waals surface area contributed by atoms with Crippen molar-refractivity contribution in [2.24, 2.45) is 0 Å². The van der Waals surface area contributed by atoms with E-state index in [1.165, 1.54) is 23.4 Å². The highest BCUT2D eigenvalue weighted by molar-refractivity contribution is 8.01. The molecule has 4 nitrogen and oxygen atoms in total. The summed E-state index contributed by atoms with van der Waals surface area (Å²) in [6, 6.07) is 13.2. The number of amides is 1. The van der Waals surface area contributed by atoms with Crippen LogP contribution in [0.15, 0.2) is 53.4 Å². The van der Waals surface area contributed by atoms with E-state index >= 15 is 0 Å². The zero-order valence-electron chi connectivity index (χ0n) is 10.3. The molecule has 0 saturated heterocycles. The molecule has 0 spiro atoms. The maximum Gasteiger partial charge on any atom is 0.234 e. The molecule has 0 unspecified atom stereocenters. The van der Waals surface area contributed by atoms with Gasteiger partial charge in [-0.2, -0.15) is 0 Å². The Morgan fingerprint density at radius 3 is 2.47 bits per heavy atom. The second kappa shape index (κ2) is 5.67. The van der Waals surface area contributed by atoms with E-state index in [0.29, 0.717) is 10.6 Å². The van der Waals surface area contributed by atoms with Crippen molar-refractivity contribution in [3.8, 4) is 11.5 Å². The first-order chi connectivity index (χ1) is 9.08. The molecule has 0 atom stereocenters. The number of phenols is 2. The van der Waals surface area contributed by atoms with Crippen LogP contribution in [0.5, 0.6) is 11.5 Å². The molecule has 0 aromatic heterocycles. The number of anilines is 1. The molecular formula is C14H13NO3S. The molecule has 2 rings (SSSR count). The predicted octanol–water partition coefficient (Wildman–Crippen LogP) is 3.16. The molecule has 2 N–H and O–H groups in total. The maximum atomic E-state index is 11.7. The average molecular weight is 275 g/mol. The molecule has 0 aliphatic rings. The Labute approximate surface area is 115 Å². The Kier molecular flexibility index (Phi) is 3.97. The minimum atomic E-state index is -0.196. The van der Waals surface area contributed by atoms with E-state index in [-0.39, 0.29) is 17.4 Å². The number of benzene rings is 2. The smallest absolute Gasteiger partial charge is 0.234 e. The molecule has 0 aliphatic heterocycles. The van der Waals surface area contributed by atoms with Crippen LogP contribution in [0.3, 0.4) is 0 Å². The molecule has 2 aromatic carbocycles. The van der Waals surface area contributed by atoms with Gasteiger partial charge < -0.3 is 10.2 Å². The lowest BCUT2D eigenvalue weighted by atomic mass is 10.3. The summed E-state index contributed by atoms with van der Waals surface area (Å²) in [4.78, 5) is 12.3. The predicted molar refractivity (Wildman–Crippen MR) is 75.2 cm³/mol. The molecule has 0 heterocycles. The first-order valence-electron chi connectivity index (χ1n) is 5.63. The number of hydrogen-bond acceptors (Lipinski definition) is 4. The summed E-state index contributed by atoms with van der Waals surface area (Å²) in [5.41, 5.74) is 0.556. The van der Waals surface area contributed by atoms with Crippen LogP contribution in [0, 0.1) is 0 Å². The van der Waals surface area contributed by atoms with E-state index < -0.39 is 0 Å². The van der Waals surface area contributed by atoms with Gasteiger partial charge >= 0.3 is 0 Å².